The summed E-state index contributed by atoms with van der Waals surface area (Å²) in [5, 5.41) is 0. The second-order valence-electron chi connectivity index (χ2n) is 13.4. The van der Waals surface area contributed by atoms with Crippen molar-refractivity contribution in [1.29, 1.82) is 0 Å². The summed E-state index contributed by atoms with van der Waals surface area (Å²) in [5.41, 5.74) is 23.4. The molecule has 1 aliphatic rings. The Hall–Kier alpha value is -2.48. The molecule has 0 fully saturated rings. The first kappa shape index (κ1) is 36.0. The molecule has 0 spiro atoms. The zero-order valence-electron chi connectivity index (χ0n) is 29.3. The maximum atomic E-state index is 12.0. The van der Waals surface area contributed by atoms with Crippen LogP contribution in [-0.2, 0) is 25.7 Å². The van der Waals surface area contributed by atoms with Crippen molar-refractivity contribution >= 4 is 11.4 Å². The van der Waals surface area contributed by atoms with Gasteiger partial charge in [-0.15, -0.1) is 0 Å². The molecule has 0 saturated carbocycles. The first-order chi connectivity index (χ1) is 21.5. The second kappa shape index (κ2) is 20.5. The number of unbranched alkanes of at least 4 members (excludes halogenated alkanes) is 11. The van der Waals surface area contributed by atoms with Gasteiger partial charge in [0, 0.05) is 22.8 Å². The lowest BCUT2D eigenvalue weighted by molar-refractivity contribution is -0.344. The Morgan fingerprint density at radius 3 is 1.25 bits per heavy atom. The molecule has 0 aliphatic carbocycles. The van der Waals surface area contributed by atoms with Crippen LogP contribution in [-0.4, -0.2) is 4.70 Å². The number of hydrogen-bond donors (Lipinski definition) is 0. The molecule has 0 atom stereocenters. The predicted octanol–water partition coefficient (Wildman–Crippen LogP) is 13.4. The molecule has 1 aliphatic heterocycles. The van der Waals surface area contributed by atoms with E-state index in [4.69, 9.17) is 0 Å². The third-order valence-electron chi connectivity index (χ3n) is 9.31. The van der Waals surface area contributed by atoms with Gasteiger partial charge < -0.3 is 5.53 Å². The molecular formula is C42H64N2. The molecule has 0 unspecified atom stereocenters. The quantitative estimate of drug-likeness (QED) is 0.0900. The van der Waals surface area contributed by atoms with E-state index in [2.05, 4.69) is 77.1 Å². The van der Waals surface area contributed by atoms with Crippen molar-refractivity contribution in [1.82, 2.24) is 0 Å². The topological polar surface area (TPSA) is 25.3 Å². The van der Waals surface area contributed by atoms with E-state index in [1.54, 1.807) is 4.70 Å². The van der Waals surface area contributed by atoms with Crippen LogP contribution in [0.4, 0.5) is 0 Å². The van der Waals surface area contributed by atoms with Crippen LogP contribution in [0.25, 0.3) is 16.9 Å². The molecule has 0 amide bonds. The van der Waals surface area contributed by atoms with Crippen molar-refractivity contribution in [3.05, 3.63) is 87.0 Å². The first-order valence-corrected chi connectivity index (χ1v) is 18.7. The molecule has 2 aromatic carbocycles. The van der Waals surface area contributed by atoms with Gasteiger partial charge in [-0.05, 0) is 111 Å². The molecule has 242 valence electrons. The standard InChI is InChI=1S/C42H64N2/c1-6-11-16-20-24-34-27-35(25-21-17-12-7-2)30-39(29-34)41-33-38(26-15-10-5)42(44(41)43)40-31-36(22-18-13-8-3)28-37(32-40)23-19-14-9-4/h27-33H,6-26H2,1-5H3. The largest absolute Gasteiger partial charge is 0.493 e. The normalized spacial score (nSPS) is 13.3. The smallest absolute Gasteiger partial charge is 0.210 e. The number of allylic oxidation sites excluding steroid dienone is 2. The summed E-state index contributed by atoms with van der Waals surface area (Å²) < 4.78 is 1.56. The van der Waals surface area contributed by atoms with Crippen LogP contribution in [0.1, 0.15) is 177 Å². The Balaban J connectivity index is 1.98. The molecule has 0 radical (unpaired) electrons. The van der Waals surface area contributed by atoms with Crippen LogP contribution in [0.15, 0.2) is 48.0 Å². The average molecular weight is 597 g/mol. The van der Waals surface area contributed by atoms with Crippen LogP contribution < -0.4 is 0 Å². The highest BCUT2D eigenvalue weighted by Crippen LogP contribution is 2.39. The maximum Gasteiger partial charge on any atom is 0.210 e. The van der Waals surface area contributed by atoms with Gasteiger partial charge in [0.25, 0.3) is 0 Å². The molecule has 3 rings (SSSR count). The van der Waals surface area contributed by atoms with Crippen LogP contribution >= 0.6 is 0 Å². The van der Waals surface area contributed by atoms with Crippen LogP contribution in [0.2, 0.25) is 0 Å². The van der Waals surface area contributed by atoms with E-state index in [-0.39, 0.29) is 0 Å². The minimum atomic E-state index is 0.959. The van der Waals surface area contributed by atoms with E-state index in [1.807, 2.05) is 0 Å². The van der Waals surface area contributed by atoms with Crippen molar-refractivity contribution in [3.8, 4) is 0 Å². The zero-order valence-corrected chi connectivity index (χ0v) is 29.3. The highest BCUT2D eigenvalue weighted by molar-refractivity contribution is 5.79. The van der Waals surface area contributed by atoms with Crippen LogP contribution in [0.3, 0.4) is 0 Å². The fourth-order valence-corrected chi connectivity index (χ4v) is 6.68. The summed E-state index contributed by atoms with van der Waals surface area (Å²) in [7, 11) is 0. The Morgan fingerprint density at radius 2 is 0.818 bits per heavy atom. The number of aryl methyl sites for hydroxylation is 4. The lowest BCUT2D eigenvalue weighted by Gasteiger charge is -2.15. The zero-order chi connectivity index (χ0) is 31.6. The van der Waals surface area contributed by atoms with Gasteiger partial charge in [0.2, 0.25) is 11.4 Å². The van der Waals surface area contributed by atoms with E-state index in [0.717, 1.165) is 56.3 Å². The average Bonchev–Trinajstić information content (AvgIpc) is 3.36. The van der Waals surface area contributed by atoms with E-state index in [1.165, 1.54) is 129 Å². The van der Waals surface area contributed by atoms with Gasteiger partial charge in [0.15, 0.2) is 0 Å². The minimum Gasteiger partial charge on any atom is -0.493 e. The molecule has 0 aromatic heterocycles. The predicted molar refractivity (Wildman–Crippen MR) is 193 cm³/mol. The summed E-state index contributed by atoms with van der Waals surface area (Å²) in [6, 6.07) is 14.4. The Kier molecular flexibility index (Phi) is 16.8. The molecule has 1 heterocycles. The Bertz CT molecular complexity index is 1160. The molecule has 0 N–H and O–H groups in total. The number of hydrogen-bond acceptors (Lipinski definition) is 0. The van der Waals surface area contributed by atoms with Crippen molar-refractivity contribution in [2.45, 2.75) is 169 Å². The van der Waals surface area contributed by atoms with Crippen molar-refractivity contribution in [2.75, 3.05) is 0 Å². The number of benzene rings is 2. The molecule has 2 heteroatoms. The molecule has 0 bridgehead atoms. The van der Waals surface area contributed by atoms with Gasteiger partial charge in [0.1, 0.15) is 0 Å². The fraction of sp³-hybridized carbons (Fsp3) is 0.619. The summed E-state index contributed by atoms with van der Waals surface area (Å²) in [6.07, 6.45) is 27.8. The summed E-state index contributed by atoms with van der Waals surface area (Å²) >= 11 is 0. The molecule has 2 nitrogen and oxygen atoms in total. The van der Waals surface area contributed by atoms with E-state index >= 15 is 0 Å². The SMILES string of the molecule is CCCCCCc1cc(CCCCCC)cc(C2=CC(CCCC)=C(c3cc(CCCCC)cc(CCCCC)c3)[N+]2=[N-])c1. The third kappa shape index (κ3) is 11.5. The lowest BCUT2D eigenvalue weighted by atomic mass is 9.95. The minimum absolute atomic E-state index is 0.959. The second-order valence-corrected chi connectivity index (χ2v) is 13.4. The molecule has 2 aromatic rings. The van der Waals surface area contributed by atoms with E-state index in [0.29, 0.717) is 0 Å². The Morgan fingerprint density at radius 1 is 0.432 bits per heavy atom. The van der Waals surface area contributed by atoms with E-state index in [9.17, 15) is 5.53 Å². The number of rotatable bonds is 23. The monoisotopic (exact) mass is 597 g/mol. The summed E-state index contributed by atoms with van der Waals surface area (Å²) in [6.45, 7) is 11.4. The van der Waals surface area contributed by atoms with Gasteiger partial charge in [-0.2, -0.15) is 0 Å². The van der Waals surface area contributed by atoms with Crippen molar-refractivity contribution in [3.63, 3.8) is 0 Å². The lowest BCUT2D eigenvalue weighted by Crippen LogP contribution is -2.05. The molecular weight excluding hydrogens is 532 g/mol. The van der Waals surface area contributed by atoms with Crippen molar-refractivity contribution in [2.24, 2.45) is 0 Å². The van der Waals surface area contributed by atoms with Gasteiger partial charge in [-0.25, -0.2) is 4.70 Å². The first-order valence-electron chi connectivity index (χ1n) is 18.7. The van der Waals surface area contributed by atoms with Crippen LogP contribution in [0.5, 0.6) is 0 Å². The van der Waals surface area contributed by atoms with Gasteiger partial charge in [-0.1, -0.05) is 117 Å². The fourth-order valence-electron chi connectivity index (χ4n) is 6.68. The van der Waals surface area contributed by atoms with Crippen LogP contribution in [0, 0.1) is 0 Å². The van der Waals surface area contributed by atoms with Gasteiger partial charge in [0.05, 0.1) is 0 Å². The van der Waals surface area contributed by atoms with E-state index < -0.39 is 0 Å². The maximum absolute atomic E-state index is 12.0. The van der Waals surface area contributed by atoms with Crippen molar-refractivity contribution < 1.29 is 4.70 Å². The molecule has 44 heavy (non-hydrogen) atoms. The summed E-state index contributed by atoms with van der Waals surface area (Å²) in [5.74, 6) is 0. The third-order valence-corrected chi connectivity index (χ3v) is 9.31. The number of nitrogens with zero attached hydrogens (tertiary/aromatic N) is 2. The molecule has 0 saturated heterocycles. The van der Waals surface area contributed by atoms with Gasteiger partial charge >= 0.3 is 0 Å². The Labute approximate surface area is 271 Å². The highest BCUT2D eigenvalue weighted by atomic mass is 15.2. The van der Waals surface area contributed by atoms with Gasteiger partial charge in [-0.3, -0.25) is 0 Å². The highest BCUT2D eigenvalue weighted by Gasteiger charge is 2.29. The summed E-state index contributed by atoms with van der Waals surface area (Å²) in [4.78, 5) is 0.